The van der Waals surface area contributed by atoms with Crippen LogP contribution < -0.4 is 20.0 Å². The van der Waals surface area contributed by atoms with E-state index in [1.807, 2.05) is 108 Å². The molecule has 6 rings (SSSR count). The van der Waals surface area contributed by atoms with Crippen molar-refractivity contribution in [1.29, 1.82) is 0 Å². The summed E-state index contributed by atoms with van der Waals surface area (Å²) in [5.41, 5.74) is 16.8. The zero-order valence-corrected chi connectivity index (χ0v) is 24.4. The van der Waals surface area contributed by atoms with E-state index in [-0.39, 0.29) is 5.96 Å². The quantitative estimate of drug-likeness (QED) is 0.126. The summed E-state index contributed by atoms with van der Waals surface area (Å²) in [5.74, 6) is 0.0770. The van der Waals surface area contributed by atoms with E-state index >= 15 is 0 Å². The molecule has 0 aliphatic rings. The van der Waals surface area contributed by atoms with Crippen LogP contribution in [0.5, 0.6) is 0 Å². The molecule has 4 aromatic heterocycles. The summed E-state index contributed by atoms with van der Waals surface area (Å²) >= 11 is 12.3. The molecule has 0 aliphatic carbocycles. The number of nitrogens with two attached hydrogens (primary N) is 1. The fourth-order valence-corrected chi connectivity index (χ4v) is 5.13. The van der Waals surface area contributed by atoms with Crippen molar-refractivity contribution in [3.63, 3.8) is 0 Å². The van der Waals surface area contributed by atoms with Gasteiger partial charge in [0.1, 0.15) is 24.8 Å². The SMILES string of the molecule is Cn1c(-c2ccc(/C=N/N=C(\N)N/N=C/c3ccc(-c4c[n+]5cc(Cl)ccc5n4C)cc3)cc2)c[n+]2cc(Cl)ccc12. The minimum atomic E-state index is 0.0770. The minimum absolute atomic E-state index is 0.0770. The van der Waals surface area contributed by atoms with Gasteiger partial charge in [0.25, 0.3) is 11.3 Å². The zero-order valence-electron chi connectivity index (χ0n) is 22.9. The van der Waals surface area contributed by atoms with Gasteiger partial charge in [0.05, 0.1) is 36.6 Å². The minimum Gasteiger partial charge on any atom is -0.367 e. The van der Waals surface area contributed by atoms with Crippen LogP contribution in [0.1, 0.15) is 11.1 Å². The zero-order chi connectivity index (χ0) is 29.2. The average Bonchev–Trinajstić information content (AvgIpc) is 3.49. The Morgan fingerprint density at radius 1 is 0.690 bits per heavy atom. The van der Waals surface area contributed by atoms with Gasteiger partial charge in [-0.25, -0.2) is 23.4 Å². The maximum absolute atomic E-state index is 6.14. The van der Waals surface area contributed by atoms with Gasteiger partial charge in [-0.1, -0.05) is 47.5 Å². The largest absolute Gasteiger partial charge is 0.367 e. The predicted octanol–water partition coefficient (Wildman–Crippen LogP) is 4.75. The number of nitrogens with one attached hydrogen (secondary N) is 1. The number of aryl methyl sites for hydroxylation is 2. The molecule has 2 aromatic carbocycles. The number of guanidine groups is 1. The Morgan fingerprint density at radius 2 is 1.17 bits per heavy atom. The summed E-state index contributed by atoms with van der Waals surface area (Å²) in [5, 5.41) is 13.6. The van der Waals surface area contributed by atoms with E-state index in [1.54, 1.807) is 12.4 Å². The normalized spacial score (nSPS) is 12.3. The van der Waals surface area contributed by atoms with Gasteiger partial charge in [-0.2, -0.15) is 10.2 Å². The van der Waals surface area contributed by atoms with Crippen LogP contribution in [0.2, 0.25) is 10.0 Å². The summed E-state index contributed by atoms with van der Waals surface area (Å²) in [7, 11) is 4.05. The Balaban J connectivity index is 1.06. The number of rotatable bonds is 6. The molecule has 0 amide bonds. The first-order chi connectivity index (χ1) is 20.4. The molecule has 0 unspecified atom stereocenters. The van der Waals surface area contributed by atoms with Crippen LogP contribution in [-0.4, -0.2) is 27.5 Å². The van der Waals surface area contributed by atoms with Crippen molar-refractivity contribution in [3.05, 3.63) is 119 Å². The summed E-state index contributed by atoms with van der Waals surface area (Å²) in [6.07, 6.45) is 11.2. The van der Waals surface area contributed by atoms with Crippen LogP contribution in [0.4, 0.5) is 0 Å². The molecular weight excluding hydrogens is 569 g/mol. The van der Waals surface area contributed by atoms with Gasteiger partial charge in [0.15, 0.2) is 11.4 Å². The maximum Gasteiger partial charge on any atom is 0.286 e. The number of hydrazone groups is 1. The second-order valence-electron chi connectivity index (χ2n) is 9.72. The molecule has 0 fully saturated rings. The number of benzene rings is 2. The number of imidazole rings is 2. The van der Waals surface area contributed by atoms with Crippen LogP contribution in [-0.2, 0) is 14.1 Å². The molecule has 208 valence electrons. The highest BCUT2D eigenvalue weighted by atomic mass is 35.5. The topological polar surface area (TPSA) is 93.2 Å². The van der Waals surface area contributed by atoms with Crippen molar-refractivity contribution >= 4 is 52.9 Å². The maximum atomic E-state index is 6.14. The Hall–Kier alpha value is -4.99. The first-order valence-corrected chi connectivity index (χ1v) is 13.8. The molecule has 42 heavy (non-hydrogen) atoms. The molecule has 0 saturated heterocycles. The van der Waals surface area contributed by atoms with E-state index in [0.29, 0.717) is 10.0 Å². The third-order valence-electron chi connectivity index (χ3n) is 6.95. The van der Waals surface area contributed by atoms with Crippen LogP contribution in [0.15, 0.2) is 113 Å². The highest BCUT2D eigenvalue weighted by molar-refractivity contribution is 6.30. The highest BCUT2D eigenvalue weighted by Gasteiger charge is 2.17. The Morgan fingerprint density at radius 3 is 1.67 bits per heavy atom. The molecule has 0 atom stereocenters. The number of hydrogen-bond donors (Lipinski definition) is 2. The lowest BCUT2D eigenvalue weighted by Gasteiger charge is -2.00. The Labute approximate surface area is 252 Å². The van der Waals surface area contributed by atoms with Gasteiger partial charge >= 0.3 is 0 Å². The first kappa shape index (κ1) is 27.2. The van der Waals surface area contributed by atoms with Crippen LogP contribution in [0.3, 0.4) is 0 Å². The van der Waals surface area contributed by atoms with Gasteiger partial charge in [0, 0.05) is 23.3 Å². The summed E-state index contributed by atoms with van der Waals surface area (Å²) in [6, 6.07) is 23.8. The molecule has 9 nitrogen and oxygen atoms in total. The molecule has 0 saturated carbocycles. The second kappa shape index (κ2) is 11.5. The number of aromatic nitrogens is 4. The van der Waals surface area contributed by atoms with E-state index < -0.39 is 0 Å². The number of nitrogens with zero attached hydrogens (tertiary/aromatic N) is 7. The second-order valence-corrected chi connectivity index (χ2v) is 10.6. The van der Waals surface area contributed by atoms with E-state index in [1.165, 1.54) is 0 Å². The number of pyridine rings is 2. The van der Waals surface area contributed by atoms with Crippen LogP contribution in [0.25, 0.3) is 33.8 Å². The number of fused-ring (bicyclic) bond motifs is 2. The third kappa shape index (κ3) is 5.60. The van der Waals surface area contributed by atoms with Crippen molar-refractivity contribution in [3.8, 4) is 22.5 Å². The lowest BCUT2D eigenvalue weighted by Crippen LogP contribution is -2.26. The fraction of sp³-hybridized carbons (Fsp3) is 0.0645. The lowest BCUT2D eigenvalue weighted by atomic mass is 10.1. The number of hydrogen-bond acceptors (Lipinski definition) is 3. The monoisotopic (exact) mass is 595 g/mol. The summed E-state index contributed by atoms with van der Waals surface area (Å²) in [4.78, 5) is 0. The highest BCUT2D eigenvalue weighted by Crippen LogP contribution is 2.22. The average molecular weight is 597 g/mol. The third-order valence-corrected chi connectivity index (χ3v) is 7.39. The molecule has 3 N–H and O–H groups in total. The summed E-state index contributed by atoms with van der Waals surface area (Å²) < 4.78 is 8.26. The number of halogens is 2. The fourth-order valence-electron chi connectivity index (χ4n) is 4.79. The standard InChI is InChI=1S/C31H27Cl2N9/c1-39-27(19-41-17-25(32)11-13-29(39)41)23-7-3-21(4-8-23)15-35-37-31(34)38-36-16-22-5-9-24(10-6-22)28-20-42-18-26(33)12-14-30(42)40(28)2/h3-20H,1-2H3,(H3,34,37,38)/q+2/b35-15+,36-16+. The molecule has 0 spiro atoms. The molecular formula is C31H27Cl2N9+2. The van der Waals surface area contributed by atoms with Gasteiger partial charge < -0.3 is 5.73 Å². The smallest absolute Gasteiger partial charge is 0.286 e. The van der Waals surface area contributed by atoms with Gasteiger partial charge in [-0.15, -0.1) is 5.10 Å². The predicted molar refractivity (Wildman–Crippen MR) is 168 cm³/mol. The van der Waals surface area contributed by atoms with Crippen molar-refractivity contribution in [2.24, 2.45) is 35.1 Å². The lowest BCUT2D eigenvalue weighted by molar-refractivity contribution is -0.510. The first-order valence-electron chi connectivity index (χ1n) is 13.0. The molecule has 0 aliphatic heterocycles. The van der Waals surface area contributed by atoms with Crippen LogP contribution in [0, 0.1) is 0 Å². The van der Waals surface area contributed by atoms with Gasteiger partial charge in [-0.05, 0) is 47.5 Å². The molecule has 0 bridgehead atoms. The molecule has 4 heterocycles. The van der Waals surface area contributed by atoms with Crippen molar-refractivity contribution in [2.75, 3.05) is 0 Å². The van der Waals surface area contributed by atoms with E-state index in [2.05, 4.69) is 42.3 Å². The van der Waals surface area contributed by atoms with Gasteiger partial charge in [-0.3, -0.25) is 0 Å². The van der Waals surface area contributed by atoms with Crippen molar-refractivity contribution < 1.29 is 8.80 Å². The Kier molecular flexibility index (Phi) is 7.43. The van der Waals surface area contributed by atoms with Crippen molar-refractivity contribution in [2.45, 2.75) is 0 Å². The van der Waals surface area contributed by atoms with E-state index in [9.17, 15) is 0 Å². The van der Waals surface area contributed by atoms with E-state index in [4.69, 9.17) is 28.9 Å². The molecule has 6 aromatic rings. The van der Waals surface area contributed by atoms with Crippen LogP contribution >= 0.6 is 23.2 Å². The molecule has 11 heteroatoms. The van der Waals surface area contributed by atoms with E-state index in [0.717, 1.165) is 44.9 Å². The van der Waals surface area contributed by atoms with Crippen molar-refractivity contribution in [1.82, 2.24) is 14.6 Å². The summed E-state index contributed by atoms with van der Waals surface area (Å²) in [6.45, 7) is 0. The molecule has 0 radical (unpaired) electrons. The van der Waals surface area contributed by atoms with Gasteiger partial charge in [0.2, 0.25) is 5.96 Å². The Bertz CT molecular complexity index is 2000.